The zero-order chi connectivity index (χ0) is 14.5. The smallest absolute Gasteiger partial charge is 0.0982 e. The van der Waals surface area contributed by atoms with Crippen LogP contribution in [0.4, 0.5) is 0 Å². The van der Waals surface area contributed by atoms with Gasteiger partial charge in [0.1, 0.15) is 0 Å². The molecule has 0 aliphatic carbocycles. The Balaban J connectivity index is 1.97. The van der Waals surface area contributed by atoms with E-state index in [-0.39, 0.29) is 6.61 Å². The molecule has 2 aromatic rings. The molecule has 1 aromatic carbocycles. The molecule has 0 saturated carbocycles. The average molecular weight is 292 g/mol. The molecular formula is C16H24N2OS. The molecule has 3 nitrogen and oxygen atoms in total. The van der Waals surface area contributed by atoms with Crippen molar-refractivity contribution in [3.8, 4) is 0 Å². The van der Waals surface area contributed by atoms with Crippen molar-refractivity contribution in [3.63, 3.8) is 0 Å². The van der Waals surface area contributed by atoms with E-state index < -0.39 is 0 Å². The third-order valence-corrected chi connectivity index (χ3v) is 5.10. The van der Waals surface area contributed by atoms with Gasteiger partial charge in [-0.2, -0.15) is 0 Å². The summed E-state index contributed by atoms with van der Waals surface area (Å²) in [6, 6.07) is 8.69. The lowest BCUT2D eigenvalue weighted by molar-refractivity contribution is 0.257. The first-order chi connectivity index (χ1) is 9.61. The first-order valence-corrected chi connectivity index (χ1v) is 8.13. The van der Waals surface area contributed by atoms with Crippen LogP contribution in [-0.2, 0) is 0 Å². The maximum atomic E-state index is 8.93. The molecule has 0 aliphatic rings. The minimum Gasteiger partial charge on any atom is -0.396 e. The summed E-state index contributed by atoms with van der Waals surface area (Å²) in [6.45, 7) is 7.81. The lowest BCUT2D eigenvalue weighted by Crippen LogP contribution is -2.34. The van der Waals surface area contributed by atoms with Gasteiger partial charge in [0, 0.05) is 18.6 Å². The zero-order valence-corrected chi connectivity index (χ0v) is 13.3. The summed E-state index contributed by atoms with van der Waals surface area (Å²) in [6.07, 6.45) is 0.856. The van der Waals surface area contributed by atoms with Gasteiger partial charge in [0.2, 0.25) is 0 Å². The Morgan fingerprint density at radius 2 is 2.00 bits per heavy atom. The number of nitrogens with zero attached hydrogens (tertiary/aromatic N) is 1. The number of thiazole rings is 1. The molecule has 0 spiro atoms. The number of aliphatic hydroxyl groups excluding tert-OH is 1. The molecule has 1 heterocycles. The molecule has 0 radical (unpaired) electrons. The highest BCUT2D eigenvalue weighted by molar-refractivity contribution is 7.18. The lowest BCUT2D eigenvalue weighted by Gasteiger charge is -2.21. The number of rotatable bonds is 7. The zero-order valence-electron chi connectivity index (χ0n) is 12.5. The van der Waals surface area contributed by atoms with Gasteiger partial charge in [-0.1, -0.05) is 26.0 Å². The second-order valence-corrected chi connectivity index (χ2v) is 6.69. The topological polar surface area (TPSA) is 45.1 Å². The molecule has 20 heavy (non-hydrogen) atoms. The van der Waals surface area contributed by atoms with Crippen LogP contribution in [0.1, 0.15) is 38.1 Å². The fourth-order valence-corrected chi connectivity index (χ4v) is 3.31. The molecule has 0 amide bonds. The number of aliphatic hydroxyl groups is 1. The largest absolute Gasteiger partial charge is 0.396 e. The number of hydrogen-bond donors (Lipinski definition) is 2. The number of benzene rings is 1. The molecule has 1 aromatic heterocycles. The third-order valence-electron chi connectivity index (χ3n) is 3.86. The van der Waals surface area contributed by atoms with Gasteiger partial charge in [-0.3, -0.25) is 0 Å². The SMILES string of the molecule is CC(CCO)CNC(C)C(C)c1nc2ccccc2s1. The van der Waals surface area contributed by atoms with Gasteiger partial charge in [0.05, 0.1) is 15.2 Å². The van der Waals surface area contributed by atoms with Crippen LogP contribution in [0, 0.1) is 5.92 Å². The van der Waals surface area contributed by atoms with Gasteiger partial charge >= 0.3 is 0 Å². The summed E-state index contributed by atoms with van der Waals surface area (Å²) in [4.78, 5) is 4.74. The normalized spacial score (nSPS) is 16.2. The fraction of sp³-hybridized carbons (Fsp3) is 0.562. The lowest BCUT2D eigenvalue weighted by atomic mass is 10.0. The Bertz CT molecular complexity index is 507. The van der Waals surface area contributed by atoms with Crippen molar-refractivity contribution < 1.29 is 5.11 Å². The fourth-order valence-electron chi connectivity index (χ4n) is 2.18. The highest BCUT2D eigenvalue weighted by atomic mass is 32.1. The van der Waals surface area contributed by atoms with E-state index in [1.54, 1.807) is 11.3 Å². The molecule has 0 fully saturated rings. The van der Waals surface area contributed by atoms with Crippen LogP contribution < -0.4 is 5.32 Å². The highest BCUT2D eigenvalue weighted by Gasteiger charge is 2.18. The highest BCUT2D eigenvalue weighted by Crippen LogP contribution is 2.29. The predicted molar refractivity (Wildman–Crippen MR) is 86.4 cm³/mol. The van der Waals surface area contributed by atoms with Crippen molar-refractivity contribution in [2.75, 3.05) is 13.2 Å². The molecule has 2 N–H and O–H groups in total. The second kappa shape index (κ2) is 7.16. The third kappa shape index (κ3) is 3.78. The number of hydrogen-bond acceptors (Lipinski definition) is 4. The average Bonchev–Trinajstić information content (AvgIpc) is 2.88. The van der Waals surface area contributed by atoms with Crippen LogP contribution in [0.15, 0.2) is 24.3 Å². The molecule has 2 rings (SSSR count). The van der Waals surface area contributed by atoms with Gasteiger partial charge in [0.15, 0.2) is 0 Å². The summed E-state index contributed by atoms with van der Waals surface area (Å²) in [5, 5.41) is 13.7. The van der Waals surface area contributed by atoms with Crippen molar-refractivity contribution in [2.45, 2.75) is 39.2 Å². The van der Waals surface area contributed by atoms with Crippen molar-refractivity contribution in [1.29, 1.82) is 0 Å². The van der Waals surface area contributed by atoms with E-state index in [9.17, 15) is 0 Å². The first kappa shape index (κ1) is 15.4. The second-order valence-electron chi connectivity index (χ2n) is 5.62. The molecule has 0 saturated heterocycles. The van der Waals surface area contributed by atoms with Crippen LogP contribution >= 0.6 is 11.3 Å². The Hall–Kier alpha value is -0.970. The van der Waals surface area contributed by atoms with E-state index in [4.69, 9.17) is 10.1 Å². The molecule has 4 heteroatoms. The minimum absolute atomic E-state index is 0.269. The van der Waals surface area contributed by atoms with Crippen LogP contribution in [0.5, 0.6) is 0 Å². The Morgan fingerprint density at radius 1 is 1.25 bits per heavy atom. The van der Waals surface area contributed by atoms with Gasteiger partial charge < -0.3 is 10.4 Å². The van der Waals surface area contributed by atoms with Crippen molar-refractivity contribution in [2.24, 2.45) is 5.92 Å². The monoisotopic (exact) mass is 292 g/mol. The molecule has 0 aliphatic heterocycles. The molecular weight excluding hydrogens is 268 g/mol. The maximum absolute atomic E-state index is 8.93. The number of nitrogens with one attached hydrogen (secondary N) is 1. The quantitative estimate of drug-likeness (QED) is 0.822. The Morgan fingerprint density at radius 3 is 2.70 bits per heavy atom. The molecule has 0 bridgehead atoms. The van der Waals surface area contributed by atoms with Gasteiger partial charge in [-0.15, -0.1) is 11.3 Å². The van der Waals surface area contributed by atoms with E-state index in [0.717, 1.165) is 18.5 Å². The van der Waals surface area contributed by atoms with E-state index in [2.05, 4.69) is 44.3 Å². The summed E-state index contributed by atoms with van der Waals surface area (Å²) in [5.41, 5.74) is 1.10. The van der Waals surface area contributed by atoms with E-state index in [0.29, 0.717) is 17.9 Å². The number of para-hydroxylation sites is 1. The maximum Gasteiger partial charge on any atom is 0.0982 e. The van der Waals surface area contributed by atoms with Gasteiger partial charge in [-0.25, -0.2) is 4.98 Å². The van der Waals surface area contributed by atoms with E-state index >= 15 is 0 Å². The summed E-state index contributed by atoms with van der Waals surface area (Å²) in [7, 11) is 0. The van der Waals surface area contributed by atoms with Crippen molar-refractivity contribution in [1.82, 2.24) is 10.3 Å². The molecule has 3 unspecified atom stereocenters. The van der Waals surface area contributed by atoms with Crippen LogP contribution in [0.2, 0.25) is 0 Å². The number of fused-ring (bicyclic) bond motifs is 1. The van der Waals surface area contributed by atoms with Crippen molar-refractivity contribution in [3.05, 3.63) is 29.3 Å². The van der Waals surface area contributed by atoms with Crippen molar-refractivity contribution >= 4 is 21.6 Å². The molecule has 3 atom stereocenters. The van der Waals surface area contributed by atoms with E-state index in [1.165, 1.54) is 9.71 Å². The summed E-state index contributed by atoms with van der Waals surface area (Å²) >= 11 is 1.79. The minimum atomic E-state index is 0.269. The Kier molecular flexibility index (Phi) is 5.52. The standard InChI is InChI=1S/C16H24N2OS/c1-11(8-9-19)10-17-13(3)12(2)16-18-14-6-4-5-7-15(14)20-16/h4-7,11-13,17,19H,8-10H2,1-3H3. The summed E-state index contributed by atoms with van der Waals surface area (Å²) < 4.78 is 1.26. The van der Waals surface area contributed by atoms with Gasteiger partial charge in [-0.05, 0) is 37.9 Å². The van der Waals surface area contributed by atoms with Gasteiger partial charge in [0.25, 0.3) is 0 Å². The first-order valence-electron chi connectivity index (χ1n) is 7.31. The number of aromatic nitrogens is 1. The van der Waals surface area contributed by atoms with E-state index in [1.807, 2.05) is 6.07 Å². The molecule has 110 valence electrons. The van der Waals surface area contributed by atoms with Crippen LogP contribution in [0.3, 0.4) is 0 Å². The summed E-state index contributed by atoms with van der Waals surface area (Å²) in [5.74, 6) is 0.902. The van der Waals surface area contributed by atoms with Crippen LogP contribution in [-0.4, -0.2) is 29.3 Å². The predicted octanol–water partition coefficient (Wildman–Crippen LogP) is 3.40. The Labute approximate surface area is 125 Å². The van der Waals surface area contributed by atoms with Crippen LogP contribution in [0.25, 0.3) is 10.2 Å².